The lowest BCUT2D eigenvalue weighted by atomic mass is 10.1. The predicted molar refractivity (Wildman–Crippen MR) is 95.9 cm³/mol. The van der Waals surface area contributed by atoms with Gasteiger partial charge in [-0.05, 0) is 57.2 Å². The first-order chi connectivity index (χ1) is 11.5. The minimum absolute atomic E-state index is 0.0459. The van der Waals surface area contributed by atoms with Gasteiger partial charge in [0.25, 0.3) is 5.91 Å². The first kappa shape index (κ1) is 19.4. The third-order valence-electron chi connectivity index (χ3n) is 3.03. The molecular weight excluding hydrogens is 367 g/mol. The van der Waals surface area contributed by atoms with Crippen molar-refractivity contribution in [3.63, 3.8) is 0 Å². The van der Waals surface area contributed by atoms with E-state index in [4.69, 9.17) is 11.6 Å². The van der Waals surface area contributed by atoms with Gasteiger partial charge in [0.05, 0.1) is 10.6 Å². The van der Waals surface area contributed by atoms with Gasteiger partial charge < -0.3 is 5.32 Å². The van der Waals surface area contributed by atoms with E-state index in [9.17, 15) is 17.6 Å². The Labute approximate surface area is 151 Å². The zero-order chi connectivity index (χ0) is 18.8. The van der Waals surface area contributed by atoms with Crippen LogP contribution in [0.15, 0.2) is 47.4 Å². The SMILES string of the molecule is CC(C)(C)NS(=O)(=O)c1cccc(C(=O)Nc2ccc(Cl)cc2F)c1. The third-order valence-corrected chi connectivity index (χ3v) is 5.02. The van der Waals surface area contributed by atoms with Gasteiger partial charge >= 0.3 is 0 Å². The highest BCUT2D eigenvalue weighted by Gasteiger charge is 2.23. The van der Waals surface area contributed by atoms with E-state index in [1.807, 2.05) is 0 Å². The first-order valence-electron chi connectivity index (χ1n) is 7.38. The Morgan fingerprint density at radius 3 is 2.40 bits per heavy atom. The summed E-state index contributed by atoms with van der Waals surface area (Å²) in [4.78, 5) is 12.2. The Hall–Kier alpha value is -1.96. The maximum atomic E-state index is 13.8. The molecule has 0 aromatic heterocycles. The summed E-state index contributed by atoms with van der Waals surface area (Å²) in [6.07, 6.45) is 0. The number of nitrogens with one attached hydrogen (secondary N) is 2. The van der Waals surface area contributed by atoms with Crippen molar-refractivity contribution in [2.24, 2.45) is 0 Å². The van der Waals surface area contributed by atoms with Crippen LogP contribution >= 0.6 is 11.6 Å². The van der Waals surface area contributed by atoms with Gasteiger partial charge in [0.15, 0.2) is 0 Å². The average Bonchev–Trinajstić information content (AvgIpc) is 2.48. The number of hydrogen-bond donors (Lipinski definition) is 2. The molecule has 1 amide bonds. The number of sulfonamides is 1. The van der Waals surface area contributed by atoms with E-state index in [-0.39, 0.29) is 21.2 Å². The molecular formula is C17H18ClFN2O3S. The van der Waals surface area contributed by atoms with Gasteiger partial charge in [-0.25, -0.2) is 17.5 Å². The van der Waals surface area contributed by atoms with Crippen LogP contribution in [0.1, 0.15) is 31.1 Å². The minimum Gasteiger partial charge on any atom is -0.319 e. The summed E-state index contributed by atoms with van der Waals surface area (Å²) >= 11 is 5.67. The van der Waals surface area contributed by atoms with Crippen LogP contribution in [0.3, 0.4) is 0 Å². The van der Waals surface area contributed by atoms with E-state index in [1.165, 1.54) is 36.4 Å². The van der Waals surface area contributed by atoms with E-state index in [0.717, 1.165) is 6.07 Å². The highest BCUT2D eigenvalue weighted by Crippen LogP contribution is 2.20. The largest absolute Gasteiger partial charge is 0.319 e. The molecule has 2 aromatic carbocycles. The van der Waals surface area contributed by atoms with E-state index in [0.29, 0.717) is 0 Å². The molecule has 0 radical (unpaired) electrons. The molecule has 0 aliphatic rings. The molecule has 5 nitrogen and oxygen atoms in total. The van der Waals surface area contributed by atoms with Crippen molar-refractivity contribution in [1.82, 2.24) is 4.72 Å². The quantitative estimate of drug-likeness (QED) is 0.841. The molecule has 0 bridgehead atoms. The fourth-order valence-electron chi connectivity index (χ4n) is 2.05. The van der Waals surface area contributed by atoms with E-state index in [1.54, 1.807) is 20.8 Å². The van der Waals surface area contributed by atoms with Gasteiger partial charge in [0.1, 0.15) is 5.82 Å². The van der Waals surface area contributed by atoms with Crippen molar-refractivity contribution in [3.05, 3.63) is 58.9 Å². The molecule has 134 valence electrons. The van der Waals surface area contributed by atoms with Crippen LogP contribution in [-0.2, 0) is 10.0 Å². The molecule has 0 aliphatic carbocycles. The highest BCUT2D eigenvalue weighted by molar-refractivity contribution is 7.89. The summed E-state index contributed by atoms with van der Waals surface area (Å²) in [5.74, 6) is -1.31. The van der Waals surface area contributed by atoms with Crippen LogP contribution < -0.4 is 10.0 Å². The second-order valence-corrected chi connectivity index (χ2v) is 8.58. The lowest BCUT2D eigenvalue weighted by Gasteiger charge is -2.20. The smallest absolute Gasteiger partial charge is 0.255 e. The number of hydrogen-bond acceptors (Lipinski definition) is 3. The fraction of sp³-hybridized carbons (Fsp3) is 0.235. The van der Waals surface area contributed by atoms with Gasteiger partial charge in [-0.3, -0.25) is 4.79 Å². The van der Waals surface area contributed by atoms with Crippen molar-refractivity contribution < 1.29 is 17.6 Å². The number of halogens is 2. The van der Waals surface area contributed by atoms with Crippen molar-refractivity contribution in [1.29, 1.82) is 0 Å². The van der Waals surface area contributed by atoms with Crippen LogP contribution in [0, 0.1) is 5.82 Å². The van der Waals surface area contributed by atoms with Crippen molar-refractivity contribution in [3.8, 4) is 0 Å². The van der Waals surface area contributed by atoms with E-state index < -0.39 is 27.3 Å². The molecule has 2 rings (SSSR count). The van der Waals surface area contributed by atoms with Gasteiger partial charge in [-0.1, -0.05) is 17.7 Å². The summed E-state index contributed by atoms with van der Waals surface area (Å²) < 4.78 is 41.0. The second kappa shape index (κ2) is 7.11. The molecule has 0 fully saturated rings. The molecule has 0 unspecified atom stereocenters. The monoisotopic (exact) mass is 384 g/mol. The molecule has 8 heteroatoms. The summed E-state index contributed by atoms with van der Waals surface area (Å²) in [5, 5.41) is 2.60. The maximum Gasteiger partial charge on any atom is 0.255 e. The molecule has 25 heavy (non-hydrogen) atoms. The fourth-order valence-corrected chi connectivity index (χ4v) is 3.67. The van der Waals surface area contributed by atoms with E-state index >= 15 is 0 Å². The second-order valence-electron chi connectivity index (χ2n) is 6.46. The van der Waals surface area contributed by atoms with Gasteiger partial charge in [0.2, 0.25) is 10.0 Å². The molecule has 0 spiro atoms. The number of carbonyl (C=O) groups excluding carboxylic acids is 1. The number of rotatable bonds is 4. The normalized spacial score (nSPS) is 12.0. The summed E-state index contributed by atoms with van der Waals surface area (Å²) in [6.45, 7) is 5.14. The van der Waals surface area contributed by atoms with Gasteiger partial charge in [-0.2, -0.15) is 0 Å². The zero-order valence-corrected chi connectivity index (χ0v) is 15.5. The molecule has 0 aliphatic heterocycles. The van der Waals surface area contributed by atoms with Crippen LogP contribution in [0.2, 0.25) is 5.02 Å². The van der Waals surface area contributed by atoms with Crippen molar-refractivity contribution >= 4 is 33.2 Å². The Morgan fingerprint density at radius 1 is 1.12 bits per heavy atom. The third kappa shape index (κ3) is 5.26. The maximum absolute atomic E-state index is 13.8. The lowest BCUT2D eigenvalue weighted by molar-refractivity contribution is 0.102. The lowest BCUT2D eigenvalue weighted by Crippen LogP contribution is -2.40. The molecule has 0 saturated carbocycles. The number of anilines is 1. The first-order valence-corrected chi connectivity index (χ1v) is 9.24. The minimum atomic E-state index is -3.78. The molecule has 0 atom stereocenters. The molecule has 0 saturated heterocycles. The van der Waals surface area contributed by atoms with Crippen molar-refractivity contribution in [2.75, 3.05) is 5.32 Å². The zero-order valence-electron chi connectivity index (χ0n) is 13.9. The van der Waals surface area contributed by atoms with Crippen LogP contribution in [-0.4, -0.2) is 19.9 Å². The predicted octanol–water partition coefficient (Wildman–Crippen LogP) is 3.81. The van der Waals surface area contributed by atoms with Crippen molar-refractivity contribution in [2.45, 2.75) is 31.2 Å². The van der Waals surface area contributed by atoms with Crippen LogP contribution in [0.25, 0.3) is 0 Å². The topological polar surface area (TPSA) is 75.3 Å². The summed E-state index contributed by atoms with van der Waals surface area (Å²) in [7, 11) is -3.78. The summed E-state index contributed by atoms with van der Waals surface area (Å²) in [6, 6.07) is 9.35. The van der Waals surface area contributed by atoms with Crippen LogP contribution in [0.5, 0.6) is 0 Å². The molecule has 2 aromatic rings. The van der Waals surface area contributed by atoms with Gasteiger partial charge in [0, 0.05) is 16.1 Å². The number of carbonyl (C=O) groups is 1. The van der Waals surface area contributed by atoms with Gasteiger partial charge in [-0.15, -0.1) is 0 Å². The average molecular weight is 385 g/mol. The Morgan fingerprint density at radius 2 is 1.80 bits per heavy atom. The molecule has 2 N–H and O–H groups in total. The number of amides is 1. The Balaban J connectivity index is 2.27. The molecule has 0 heterocycles. The van der Waals surface area contributed by atoms with Crippen LogP contribution in [0.4, 0.5) is 10.1 Å². The number of benzene rings is 2. The Kier molecular flexibility index (Phi) is 5.51. The highest BCUT2D eigenvalue weighted by atomic mass is 35.5. The Bertz CT molecular complexity index is 908. The standard InChI is InChI=1S/C17H18ClFN2O3S/c1-17(2,3)21-25(23,24)13-6-4-5-11(9-13)16(22)20-15-8-7-12(18)10-14(15)19/h4-10,21H,1-3H3,(H,20,22). The van der Waals surface area contributed by atoms with E-state index in [2.05, 4.69) is 10.0 Å². The summed E-state index contributed by atoms with van der Waals surface area (Å²) in [5.41, 5.74) is -0.620.